The molecule has 4 heteroatoms. The number of carbonyl (C=O) groups is 1. The Kier molecular flexibility index (Phi) is 4.27. The van der Waals surface area contributed by atoms with Crippen LogP contribution in [0.3, 0.4) is 0 Å². The molecule has 0 aliphatic heterocycles. The van der Waals surface area contributed by atoms with Crippen molar-refractivity contribution >= 4 is 5.97 Å². The second kappa shape index (κ2) is 5.48. The van der Waals surface area contributed by atoms with Crippen LogP contribution in [-0.2, 0) is 6.54 Å². The molecule has 1 aromatic carbocycles. The molecule has 1 aromatic rings. The van der Waals surface area contributed by atoms with Crippen LogP contribution in [-0.4, -0.2) is 36.1 Å². The maximum Gasteiger partial charge on any atom is 0.335 e. The molecular weight excluding hydrogens is 192 g/mol. The molecule has 0 spiro atoms. The number of hydrogen-bond donors (Lipinski definition) is 2. The largest absolute Gasteiger partial charge is 0.478 e. The van der Waals surface area contributed by atoms with Crippen molar-refractivity contribution in [1.82, 2.24) is 4.90 Å². The first-order chi connectivity index (χ1) is 7.13. The Morgan fingerprint density at radius 2 is 2.00 bits per heavy atom. The minimum atomic E-state index is -0.892. The van der Waals surface area contributed by atoms with Gasteiger partial charge in [-0.05, 0) is 24.7 Å². The van der Waals surface area contributed by atoms with E-state index >= 15 is 0 Å². The summed E-state index contributed by atoms with van der Waals surface area (Å²) >= 11 is 0. The first kappa shape index (κ1) is 11.7. The number of aromatic carboxylic acids is 1. The Morgan fingerprint density at radius 3 is 2.47 bits per heavy atom. The number of rotatable bonds is 5. The van der Waals surface area contributed by atoms with Crippen molar-refractivity contribution in [2.45, 2.75) is 6.54 Å². The van der Waals surface area contributed by atoms with Crippen LogP contribution < -0.4 is 5.73 Å². The Hall–Kier alpha value is -1.39. The monoisotopic (exact) mass is 208 g/mol. The van der Waals surface area contributed by atoms with Gasteiger partial charge in [0, 0.05) is 19.6 Å². The highest BCUT2D eigenvalue weighted by Crippen LogP contribution is 2.06. The van der Waals surface area contributed by atoms with Crippen LogP contribution in [0.15, 0.2) is 24.3 Å². The van der Waals surface area contributed by atoms with E-state index in [4.69, 9.17) is 10.8 Å². The highest BCUT2D eigenvalue weighted by atomic mass is 16.4. The standard InChI is InChI=1S/C11H16N2O2/c1-13(7-6-12)8-9-2-4-10(5-3-9)11(14)15/h2-5H,6-8,12H2,1H3,(H,14,15). The van der Waals surface area contributed by atoms with Gasteiger partial charge >= 0.3 is 5.97 Å². The van der Waals surface area contributed by atoms with Crippen molar-refractivity contribution in [3.05, 3.63) is 35.4 Å². The van der Waals surface area contributed by atoms with Crippen molar-refractivity contribution < 1.29 is 9.90 Å². The molecule has 1 rings (SSSR count). The molecule has 0 heterocycles. The zero-order chi connectivity index (χ0) is 11.3. The molecule has 82 valence electrons. The quantitative estimate of drug-likeness (QED) is 0.750. The Labute approximate surface area is 89.3 Å². The van der Waals surface area contributed by atoms with Gasteiger partial charge in [-0.2, -0.15) is 0 Å². The molecule has 0 radical (unpaired) electrons. The van der Waals surface area contributed by atoms with Gasteiger partial charge < -0.3 is 15.7 Å². The normalized spacial score (nSPS) is 10.6. The molecule has 0 unspecified atom stereocenters. The van der Waals surface area contributed by atoms with Crippen LogP contribution in [0, 0.1) is 0 Å². The second-order valence-corrected chi connectivity index (χ2v) is 3.53. The summed E-state index contributed by atoms with van der Waals surface area (Å²) in [7, 11) is 1.98. The molecule has 0 saturated carbocycles. The summed E-state index contributed by atoms with van der Waals surface area (Å²) < 4.78 is 0. The number of likely N-dealkylation sites (N-methyl/N-ethyl adjacent to an activating group) is 1. The summed E-state index contributed by atoms with van der Waals surface area (Å²) in [6, 6.07) is 6.90. The fourth-order valence-corrected chi connectivity index (χ4v) is 1.36. The van der Waals surface area contributed by atoms with Gasteiger partial charge in [-0.25, -0.2) is 4.79 Å². The first-order valence-corrected chi connectivity index (χ1v) is 4.84. The zero-order valence-corrected chi connectivity index (χ0v) is 8.81. The summed E-state index contributed by atoms with van der Waals surface area (Å²) in [6.07, 6.45) is 0. The van der Waals surface area contributed by atoms with Crippen LogP contribution in [0.2, 0.25) is 0 Å². The van der Waals surface area contributed by atoms with Crippen molar-refractivity contribution in [3.63, 3.8) is 0 Å². The van der Waals surface area contributed by atoms with Crippen LogP contribution in [0.4, 0.5) is 0 Å². The summed E-state index contributed by atoms with van der Waals surface area (Å²) in [4.78, 5) is 12.7. The molecule has 0 saturated heterocycles. The lowest BCUT2D eigenvalue weighted by Crippen LogP contribution is -2.24. The number of nitrogens with two attached hydrogens (primary N) is 1. The summed E-state index contributed by atoms with van der Waals surface area (Å²) in [5, 5.41) is 8.71. The Balaban J connectivity index is 2.60. The van der Waals surface area contributed by atoms with Gasteiger partial charge in [-0.1, -0.05) is 12.1 Å². The lowest BCUT2D eigenvalue weighted by Gasteiger charge is -2.15. The van der Waals surface area contributed by atoms with E-state index in [0.717, 1.165) is 18.7 Å². The number of nitrogens with zero attached hydrogens (tertiary/aromatic N) is 1. The smallest absolute Gasteiger partial charge is 0.335 e. The van der Waals surface area contributed by atoms with Crippen molar-refractivity contribution in [2.75, 3.05) is 20.1 Å². The van der Waals surface area contributed by atoms with E-state index < -0.39 is 5.97 Å². The van der Waals surface area contributed by atoms with E-state index in [1.165, 1.54) is 0 Å². The predicted molar refractivity (Wildman–Crippen MR) is 58.8 cm³/mol. The van der Waals surface area contributed by atoms with Crippen molar-refractivity contribution in [2.24, 2.45) is 5.73 Å². The zero-order valence-electron chi connectivity index (χ0n) is 8.81. The third-order valence-corrected chi connectivity index (χ3v) is 2.16. The molecule has 0 aromatic heterocycles. The van der Waals surface area contributed by atoms with Crippen LogP contribution >= 0.6 is 0 Å². The lowest BCUT2D eigenvalue weighted by molar-refractivity contribution is 0.0697. The molecule has 15 heavy (non-hydrogen) atoms. The SMILES string of the molecule is CN(CCN)Cc1ccc(C(=O)O)cc1. The van der Waals surface area contributed by atoms with Crippen molar-refractivity contribution in [1.29, 1.82) is 0 Å². The predicted octanol–water partition coefficient (Wildman–Crippen LogP) is 0.775. The summed E-state index contributed by atoms with van der Waals surface area (Å²) in [5.74, 6) is -0.892. The van der Waals surface area contributed by atoms with Gasteiger partial charge in [0.05, 0.1) is 5.56 Å². The average molecular weight is 208 g/mol. The fourth-order valence-electron chi connectivity index (χ4n) is 1.36. The number of hydrogen-bond acceptors (Lipinski definition) is 3. The van der Waals surface area contributed by atoms with Crippen LogP contribution in [0.1, 0.15) is 15.9 Å². The first-order valence-electron chi connectivity index (χ1n) is 4.84. The van der Waals surface area contributed by atoms with Gasteiger partial charge in [0.15, 0.2) is 0 Å². The molecule has 0 fully saturated rings. The molecule has 3 N–H and O–H groups in total. The van der Waals surface area contributed by atoms with E-state index in [-0.39, 0.29) is 0 Å². The number of carboxylic acid groups (broad SMARTS) is 1. The van der Waals surface area contributed by atoms with E-state index in [2.05, 4.69) is 4.90 Å². The highest BCUT2D eigenvalue weighted by Gasteiger charge is 2.03. The summed E-state index contributed by atoms with van der Waals surface area (Å²) in [6.45, 7) is 2.25. The average Bonchev–Trinajstić information content (AvgIpc) is 2.18. The molecule has 0 atom stereocenters. The Bertz CT molecular complexity index is 322. The third-order valence-electron chi connectivity index (χ3n) is 2.16. The molecular formula is C11H16N2O2. The molecule has 0 aliphatic carbocycles. The summed E-state index contributed by atoms with van der Waals surface area (Å²) in [5.41, 5.74) is 6.84. The van der Waals surface area contributed by atoms with E-state index in [0.29, 0.717) is 12.1 Å². The Morgan fingerprint density at radius 1 is 1.40 bits per heavy atom. The van der Waals surface area contributed by atoms with Crippen LogP contribution in [0.5, 0.6) is 0 Å². The van der Waals surface area contributed by atoms with Crippen molar-refractivity contribution in [3.8, 4) is 0 Å². The van der Waals surface area contributed by atoms with Gasteiger partial charge in [0.25, 0.3) is 0 Å². The number of carboxylic acids is 1. The minimum absolute atomic E-state index is 0.320. The van der Waals surface area contributed by atoms with Gasteiger partial charge in [-0.15, -0.1) is 0 Å². The molecule has 0 bridgehead atoms. The van der Waals surface area contributed by atoms with Gasteiger partial charge in [0.2, 0.25) is 0 Å². The molecule has 0 aliphatic rings. The molecule has 0 amide bonds. The van der Waals surface area contributed by atoms with E-state index in [9.17, 15) is 4.79 Å². The van der Waals surface area contributed by atoms with Gasteiger partial charge in [-0.3, -0.25) is 0 Å². The van der Waals surface area contributed by atoms with E-state index in [1.54, 1.807) is 12.1 Å². The molecule has 4 nitrogen and oxygen atoms in total. The number of benzene rings is 1. The maximum atomic E-state index is 10.6. The lowest BCUT2D eigenvalue weighted by atomic mass is 10.1. The minimum Gasteiger partial charge on any atom is -0.478 e. The topological polar surface area (TPSA) is 66.6 Å². The van der Waals surface area contributed by atoms with Gasteiger partial charge in [0.1, 0.15) is 0 Å². The second-order valence-electron chi connectivity index (χ2n) is 3.53. The fraction of sp³-hybridized carbons (Fsp3) is 0.364. The van der Waals surface area contributed by atoms with E-state index in [1.807, 2.05) is 19.2 Å². The highest BCUT2D eigenvalue weighted by molar-refractivity contribution is 5.87. The third kappa shape index (κ3) is 3.69. The maximum absolute atomic E-state index is 10.6. The van der Waals surface area contributed by atoms with Crippen LogP contribution in [0.25, 0.3) is 0 Å².